The second-order valence-corrected chi connectivity index (χ2v) is 7.09. The Morgan fingerprint density at radius 2 is 1.96 bits per heavy atom. The van der Waals surface area contributed by atoms with Gasteiger partial charge in [0.05, 0.1) is 25.3 Å². The first-order chi connectivity index (χ1) is 11.7. The average Bonchev–Trinajstić information content (AvgIpc) is 2.92. The standard InChI is InChI=1S/C18H25N3O4/c1-18(2,3)20-15(22)10-19-17(24)12-9-16(23)21(11-12)13-7-5-6-8-14(13)25-4/h5-8,12H,9-11H2,1-4H3,(H,19,24)(H,20,22). The minimum Gasteiger partial charge on any atom is -0.495 e. The van der Waals surface area contributed by atoms with Crippen molar-refractivity contribution in [1.82, 2.24) is 10.6 Å². The molecule has 0 aliphatic carbocycles. The summed E-state index contributed by atoms with van der Waals surface area (Å²) >= 11 is 0. The Labute approximate surface area is 147 Å². The number of benzene rings is 1. The first-order valence-corrected chi connectivity index (χ1v) is 8.23. The number of amides is 3. The van der Waals surface area contributed by atoms with Crippen molar-refractivity contribution in [3.8, 4) is 5.75 Å². The van der Waals surface area contributed by atoms with Crippen molar-refractivity contribution in [1.29, 1.82) is 0 Å². The molecule has 7 heteroatoms. The van der Waals surface area contributed by atoms with E-state index in [1.807, 2.05) is 32.9 Å². The van der Waals surface area contributed by atoms with Crippen LogP contribution in [0.2, 0.25) is 0 Å². The highest BCUT2D eigenvalue weighted by atomic mass is 16.5. The van der Waals surface area contributed by atoms with E-state index >= 15 is 0 Å². The molecule has 2 N–H and O–H groups in total. The van der Waals surface area contributed by atoms with E-state index in [0.29, 0.717) is 11.4 Å². The molecule has 1 aromatic carbocycles. The third-order valence-electron chi connectivity index (χ3n) is 3.81. The highest BCUT2D eigenvalue weighted by Crippen LogP contribution is 2.32. The molecular weight excluding hydrogens is 322 g/mol. The lowest BCUT2D eigenvalue weighted by Gasteiger charge is -2.21. The van der Waals surface area contributed by atoms with Gasteiger partial charge in [-0.2, -0.15) is 0 Å². The number of anilines is 1. The lowest BCUT2D eigenvalue weighted by Crippen LogP contribution is -2.46. The molecule has 7 nitrogen and oxygen atoms in total. The molecule has 1 heterocycles. The normalized spacial score (nSPS) is 17.4. The van der Waals surface area contributed by atoms with Gasteiger partial charge in [0.2, 0.25) is 17.7 Å². The topological polar surface area (TPSA) is 87.7 Å². The molecule has 1 aliphatic rings. The van der Waals surface area contributed by atoms with Crippen LogP contribution in [0.3, 0.4) is 0 Å². The van der Waals surface area contributed by atoms with Gasteiger partial charge in [-0.3, -0.25) is 14.4 Å². The van der Waals surface area contributed by atoms with Crippen LogP contribution in [-0.4, -0.2) is 43.5 Å². The molecule has 25 heavy (non-hydrogen) atoms. The van der Waals surface area contributed by atoms with Crippen molar-refractivity contribution in [2.45, 2.75) is 32.7 Å². The number of methoxy groups -OCH3 is 1. The molecule has 136 valence electrons. The molecule has 0 saturated carbocycles. The Hall–Kier alpha value is -2.57. The van der Waals surface area contributed by atoms with Gasteiger partial charge in [0.15, 0.2) is 0 Å². The molecule has 1 fully saturated rings. The molecule has 0 bridgehead atoms. The molecule has 1 aromatic rings. The van der Waals surface area contributed by atoms with Crippen molar-refractivity contribution in [2.24, 2.45) is 5.92 Å². The van der Waals surface area contributed by atoms with E-state index < -0.39 is 5.92 Å². The quantitative estimate of drug-likeness (QED) is 0.834. The SMILES string of the molecule is COc1ccccc1N1CC(C(=O)NCC(=O)NC(C)(C)C)CC1=O. The molecule has 1 saturated heterocycles. The molecule has 0 radical (unpaired) electrons. The number of hydrogen-bond donors (Lipinski definition) is 2. The lowest BCUT2D eigenvalue weighted by molar-refractivity contribution is -0.129. The largest absolute Gasteiger partial charge is 0.495 e. The number of rotatable bonds is 5. The summed E-state index contributed by atoms with van der Waals surface area (Å²) in [6.45, 7) is 5.77. The minimum atomic E-state index is -0.486. The maximum atomic E-state index is 12.3. The van der Waals surface area contributed by atoms with Crippen LogP contribution < -0.4 is 20.3 Å². The molecule has 0 spiro atoms. The molecule has 1 aliphatic heterocycles. The van der Waals surface area contributed by atoms with E-state index in [2.05, 4.69) is 10.6 Å². The van der Waals surface area contributed by atoms with Crippen LogP contribution >= 0.6 is 0 Å². The third-order valence-corrected chi connectivity index (χ3v) is 3.81. The van der Waals surface area contributed by atoms with Gasteiger partial charge in [-0.05, 0) is 32.9 Å². The van der Waals surface area contributed by atoms with Gasteiger partial charge in [-0.15, -0.1) is 0 Å². The number of nitrogens with one attached hydrogen (secondary N) is 2. The summed E-state index contributed by atoms with van der Waals surface area (Å²) in [5.41, 5.74) is 0.294. The van der Waals surface area contributed by atoms with Crippen LogP contribution in [0.5, 0.6) is 5.75 Å². The summed E-state index contributed by atoms with van der Waals surface area (Å²) in [6.07, 6.45) is 0.116. The monoisotopic (exact) mass is 347 g/mol. The van der Waals surface area contributed by atoms with E-state index in [4.69, 9.17) is 4.74 Å². The van der Waals surface area contributed by atoms with Gasteiger partial charge in [-0.25, -0.2) is 0 Å². The van der Waals surface area contributed by atoms with Crippen LogP contribution in [0, 0.1) is 5.92 Å². The fourth-order valence-electron chi connectivity index (χ4n) is 2.74. The smallest absolute Gasteiger partial charge is 0.239 e. The predicted octanol–water partition coefficient (Wildman–Crippen LogP) is 1.08. The lowest BCUT2D eigenvalue weighted by atomic mass is 10.1. The van der Waals surface area contributed by atoms with Crippen molar-refractivity contribution < 1.29 is 19.1 Å². The number of carbonyl (C=O) groups excluding carboxylic acids is 3. The van der Waals surface area contributed by atoms with Gasteiger partial charge in [0, 0.05) is 18.5 Å². The summed E-state index contributed by atoms with van der Waals surface area (Å²) in [7, 11) is 1.54. The Bertz CT molecular complexity index is 667. The zero-order valence-corrected chi connectivity index (χ0v) is 15.1. The van der Waals surface area contributed by atoms with E-state index in [0.717, 1.165) is 0 Å². The Morgan fingerprint density at radius 1 is 1.28 bits per heavy atom. The van der Waals surface area contributed by atoms with Crippen LogP contribution in [0.15, 0.2) is 24.3 Å². The van der Waals surface area contributed by atoms with Gasteiger partial charge in [0.25, 0.3) is 0 Å². The molecule has 2 rings (SSSR count). The number of hydrogen-bond acceptors (Lipinski definition) is 4. The van der Waals surface area contributed by atoms with Gasteiger partial charge < -0.3 is 20.3 Å². The van der Waals surface area contributed by atoms with Crippen molar-refractivity contribution in [3.05, 3.63) is 24.3 Å². The summed E-state index contributed by atoms with van der Waals surface area (Å²) in [4.78, 5) is 37.9. The first-order valence-electron chi connectivity index (χ1n) is 8.23. The van der Waals surface area contributed by atoms with Crippen LogP contribution in [0.4, 0.5) is 5.69 Å². The first kappa shape index (κ1) is 18.8. The summed E-state index contributed by atoms with van der Waals surface area (Å²) in [6, 6.07) is 7.19. The molecule has 3 amide bonds. The van der Waals surface area contributed by atoms with Crippen LogP contribution in [0.1, 0.15) is 27.2 Å². The third kappa shape index (κ3) is 4.95. The Balaban J connectivity index is 1.95. The Morgan fingerprint density at radius 3 is 2.60 bits per heavy atom. The maximum absolute atomic E-state index is 12.3. The van der Waals surface area contributed by atoms with E-state index in [1.54, 1.807) is 17.0 Å². The average molecular weight is 347 g/mol. The zero-order valence-electron chi connectivity index (χ0n) is 15.1. The molecule has 1 atom stereocenters. The molecular formula is C18H25N3O4. The summed E-state index contributed by atoms with van der Waals surface area (Å²) in [5.74, 6) is -0.591. The van der Waals surface area contributed by atoms with E-state index in [1.165, 1.54) is 7.11 Å². The number of carbonyl (C=O) groups is 3. The van der Waals surface area contributed by atoms with E-state index in [9.17, 15) is 14.4 Å². The second-order valence-electron chi connectivity index (χ2n) is 7.09. The van der Waals surface area contributed by atoms with E-state index in [-0.39, 0.29) is 42.8 Å². The van der Waals surface area contributed by atoms with Gasteiger partial charge in [-0.1, -0.05) is 12.1 Å². The zero-order chi connectivity index (χ0) is 18.6. The maximum Gasteiger partial charge on any atom is 0.239 e. The van der Waals surface area contributed by atoms with Crippen molar-refractivity contribution in [3.63, 3.8) is 0 Å². The van der Waals surface area contributed by atoms with Gasteiger partial charge in [0.1, 0.15) is 5.75 Å². The number of nitrogens with zero attached hydrogens (tertiary/aromatic N) is 1. The molecule has 0 aromatic heterocycles. The highest BCUT2D eigenvalue weighted by molar-refractivity contribution is 6.01. The highest BCUT2D eigenvalue weighted by Gasteiger charge is 2.36. The van der Waals surface area contributed by atoms with Crippen LogP contribution in [-0.2, 0) is 14.4 Å². The predicted molar refractivity (Wildman–Crippen MR) is 94.4 cm³/mol. The van der Waals surface area contributed by atoms with Crippen molar-refractivity contribution in [2.75, 3.05) is 25.1 Å². The fourth-order valence-corrected chi connectivity index (χ4v) is 2.74. The Kier molecular flexibility index (Phi) is 5.66. The number of ether oxygens (including phenoxy) is 1. The fraction of sp³-hybridized carbons (Fsp3) is 0.500. The minimum absolute atomic E-state index is 0.102. The number of para-hydroxylation sites is 2. The van der Waals surface area contributed by atoms with Gasteiger partial charge >= 0.3 is 0 Å². The second kappa shape index (κ2) is 7.55. The summed E-state index contributed by atoms with van der Waals surface area (Å²) < 4.78 is 5.28. The van der Waals surface area contributed by atoms with Crippen molar-refractivity contribution >= 4 is 23.4 Å². The summed E-state index contributed by atoms with van der Waals surface area (Å²) in [5, 5.41) is 5.38. The molecule has 1 unspecified atom stereocenters. The van der Waals surface area contributed by atoms with Crippen LogP contribution in [0.25, 0.3) is 0 Å².